The molecular weight excluding hydrogens is 290 g/mol. The summed E-state index contributed by atoms with van der Waals surface area (Å²) < 4.78 is 10.8. The van der Waals surface area contributed by atoms with Crippen molar-refractivity contribution in [1.82, 2.24) is 9.97 Å². The molecule has 0 aliphatic rings. The molecule has 0 unspecified atom stereocenters. The second kappa shape index (κ2) is 6.52. The summed E-state index contributed by atoms with van der Waals surface area (Å²) in [5.74, 6) is 2.15. The molecule has 0 atom stereocenters. The molecule has 118 valence electrons. The Kier molecular flexibility index (Phi) is 4.28. The third-order valence-corrected chi connectivity index (χ3v) is 3.75. The molecule has 0 bridgehead atoms. The smallest absolute Gasteiger partial charge is 0.187 e. The van der Waals surface area contributed by atoms with Crippen molar-refractivity contribution in [2.45, 2.75) is 6.54 Å². The van der Waals surface area contributed by atoms with Crippen LogP contribution in [0.4, 0.5) is 5.82 Å². The van der Waals surface area contributed by atoms with Gasteiger partial charge in [-0.25, -0.2) is 9.97 Å². The van der Waals surface area contributed by atoms with E-state index in [1.807, 2.05) is 37.4 Å². The van der Waals surface area contributed by atoms with Gasteiger partial charge in [-0.2, -0.15) is 0 Å². The molecule has 0 saturated heterocycles. The standard InChI is InChI=1S/C18H19N3O2/c1-21(11-13-7-5-4-6-8-13)18-14-9-10-15(22-2)17(23-3)16(14)19-12-20-18/h4-10,12H,11H2,1-3H3. The van der Waals surface area contributed by atoms with E-state index in [0.717, 1.165) is 23.3 Å². The van der Waals surface area contributed by atoms with Gasteiger partial charge in [0.15, 0.2) is 11.5 Å². The van der Waals surface area contributed by atoms with Crippen molar-refractivity contribution in [2.75, 3.05) is 26.2 Å². The molecular formula is C18H19N3O2. The number of hydrogen-bond donors (Lipinski definition) is 0. The predicted octanol–water partition coefficient (Wildman–Crippen LogP) is 3.28. The molecule has 0 fully saturated rings. The molecule has 5 heteroatoms. The van der Waals surface area contributed by atoms with Crippen LogP contribution in [0, 0.1) is 0 Å². The summed E-state index contributed by atoms with van der Waals surface area (Å²) in [5.41, 5.74) is 1.97. The van der Waals surface area contributed by atoms with Crippen LogP contribution < -0.4 is 14.4 Å². The van der Waals surface area contributed by atoms with E-state index in [1.165, 1.54) is 5.56 Å². The molecule has 3 rings (SSSR count). The van der Waals surface area contributed by atoms with Crippen LogP contribution in [0.15, 0.2) is 48.8 Å². The van der Waals surface area contributed by atoms with Gasteiger partial charge >= 0.3 is 0 Å². The first-order valence-electron chi connectivity index (χ1n) is 7.35. The van der Waals surface area contributed by atoms with Crippen molar-refractivity contribution in [3.05, 3.63) is 54.4 Å². The number of benzene rings is 2. The first-order chi connectivity index (χ1) is 11.2. The molecule has 0 saturated carbocycles. The molecule has 1 heterocycles. The Morgan fingerprint density at radius 1 is 0.957 bits per heavy atom. The summed E-state index contributed by atoms with van der Waals surface area (Å²) in [4.78, 5) is 10.9. The summed E-state index contributed by atoms with van der Waals surface area (Å²) >= 11 is 0. The van der Waals surface area contributed by atoms with E-state index in [0.29, 0.717) is 11.5 Å². The van der Waals surface area contributed by atoms with Gasteiger partial charge in [0.05, 0.1) is 14.2 Å². The zero-order valence-corrected chi connectivity index (χ0v) is 13.5. The summed E-state index contributed by atoms with van der Waals surface area (Å²) in [5, 5.41) is 0.934. The van der Waals surface area contributed by atoms with Crippen LogP contribution in [-0.2, 0) is 6.54 Å². The maximum atomic E-state index is 5.47. The minimum atomic E-state index is 0.627. The van der Waals surface area contributed by atoms with Crippen LogP contribution >= 0.6 is 0 Å². The van der Waals surface area contributed by atoms with E-state index in [4.69, 9.17) is 9.47 Å². The monoisotopic (exact) mass is 309 g/mol. The predicted molar refractivity (Wildman–Crippen MR) is 91.2 cm³/mol. The Bertz CT molecular complexity index is 806. The molecule has 0 aliphatic carbocycles. The maximum absolute atomic E-state index is 5.47. The molecule has 0 aliphatic heterocycles. The number of hydrogen-bond acceptors (Lipinski definition) is 5. The largest absolute Gasteiger partial charge is 0.493 e. The molecule has 5 nitrogen and oxygen atoms in total. The first-order valence-corrected chi connectivity index (χ1v) is 7.35. The second-order valence-corrected chi connectivity index (χ2v) is 5.24. The van der Waals surface area contributed by atoms with Crippen LogP contribution in [0.25, 0.3) is 10.9 Å². The van der Waals surface area contributed by atoms with E-state index in [2.05, 4.69) is 27.0 Å². The molecule has 0 amide bonds. The number of rotatable bonds is 5. The number of methoxy groups -OCH3 is 2. The van der Waals surface area contributed by atoms with Gasteiger partial charge in [-0.15, -0.1) is 0 Å². The van der Waals surface area contributed by atoms with Gasteiger partial charge in [-0.3, -0.25) is 0 Å². The van der Waals surface area contributed by atoms with Gasteiger partial charge < -0.3 is 14.4 Å². The highest BCUT2D eigenvalue weighted by Gasteiger charge is 2.15. The van der Waals surface area contributed by atoms with Crippen molar-refractivity contribution in [3.8, 4) is 11.5 Å². The lowest BCUT2D eigenvalue weighted by Crippen LogP contribution is -2.18. The van der Waals surface area contributed by atoms with Gasteiger partial charge in [-0.1, -0.05) is 30.3 Å². The zero-order valence-electron chi connectivity index (χ0n) is 13.5. The van der Waals surface area contributed by atoms with Gasteiger partial charge in [0.1, 0.15) is 17.7 Å². The highest BCUT2D eigenvalue weighted by atomic mass is 16.5. The van der Waals surface area contributed by atoms with Crippen LogP contribution in [0.5, 0.6) is 11.5 Å². The quantitative estimate of drug-likeness (QED) is 0.724. The van der Waals surface area contributed by atoms with Crippen molar-refractivity contribution in [1.29, 1.82) is 0 Å². The average Bonchev–Trinajstić information content (AvgIpc) is 2.60. The van der Waals surface area contributed by atoms with Crippen molar-refractivity contribution in [3.63, 3.8) is 0 Å². The van der Waals surface area contributed by atoms with Crippen molar-refractivity contribution >= 4 is 16.7 Å². The number of fused-ring (bicyclic) bond motifs is 1. The van der Waals surface area contributed by atoms with Crippen LogP contribution in [-0.4, -0.2) is 31.2 Å². The van der Waals surface area contributed by atoms with E-state index in [9.17, 15) is 0 Å². The Morgan fingerprint density at radius 3 is 2.43 bits per heavy atom. The number of aromatic nitrogens is 2. The Morgan fingerprint density at radius 2 is 1.74 bits per heavy atom. The molecule has 0 N–H and O–H groups in total. The fraction of sp³-hybridized carbons (Fsp3) is 0.222. The van der Waals surface area contributed by atoms with Crippen molar-refractivity contribution < 1.29 is 9.47 Å². The molecule has 23 heavy (non-hydrogen) atoms. The highest BCUT2D eigenvalue weighted by molar-refractivity contribution is 5.94. The summed E-state index contributed by atoms with van der Waals surface area (Å²) in [6, 6.07) is 14.1. The molecule has 0 radical (unpaired) electrons. The Labute approximate surface area is 135 Å². The Hall–Kier alpha value is -2.82. The summed E-state index contributed by atoms with van der Waals surface area (Å²) in [7, 11) is 5.26. The minimum Gasteiger partial charge on any atom is -0.493 e. The van der Waals surface area contributed by atoms with Gasteiger partial charge in [0, 0.05) is 19.0 Å². The number of ether oxygens (including phenoxy) is 2. The van der Waals surface area contributed by atoms with E-state index < -0.39 is 0 Å². The maximum Gasteiger partial charge on any atom is 0.187 e. The van der Waals surface area contributed by atoms with E-state index >= 15 is 0 Å². The van der Waals surface area contributed by atoms with Gasteiger partial charge in [0.25, 0.3) is 0 Å². The van der Waals surface area contributed by atoms with E-state index in [1.54, 1.807) is 20.5 Å². The Balaban J connectivity index is 2.04. The highest BCUT2D eigenvalue weighted by Crippen LogP contribution is 2.36. The lowest BCUT2D eigenvalue weighted by molar-refractivity contribution is 0.358. The van der Waals surface area contributed by atoms with Crippen molar-refractivity contribution in [2.24, 2.45) is 0 Å². The molecule has 0 spiro atoms. The molecule has 2 aromatic carbocycles. The SMILES string of the molecule is COc1ccc2c(N(C)Cc3ccccc3)ncnc2c1OC. The summed E-state index contributed by atoms with van der Waals surface area (Å²) in [6.45, 7) is 0.765. The second-order valence-electron chi connectivity index (χ2n) is 5.24. The van der Waals surface area contributed by atoms with Gasteiger partial charge in [0.2, 0.25) is 0 Å². The summed E-state index contributed by atoms with van der Waals surface area (Å²) in [6.07, 6.45) is 1.56. The fourth-order valence-electron chi connectivity index (χ4n) is 2.67. The fourth-order valence-corrected chi connectivity index (χ4v) is 2.67. The third-order valence-electron chi connectivity index (χ3n) is 3.75. The minimum absolute atomic E-state index is 0.627. The van der Waals surface area contributed by atoms with Crippen LogP contribution in [0.2, 0.25) is 0 Å². The van der Waals surface area contributed by atoms with Gasteiger partial charge in [-0.05, 0) is 17.7 Å². The third kappa shape index (κ3) is 2.90. The number of anilines is 1. The zero-order chi connectivity index (χ0) is 16.2. The number of nitrogens with zero attached hydrogens (tertiary/aromatic N) is 3. The lowest BCUT2D eigenvalue weighted by atomic mass is 10.1. The first kappa shape index (κ1) is 15.1. The topological polar surface area (TPSA) is 47.5 Å². The molecule has 1 aromatic heterocycles. The molecule has 3 aromatic rings. The lowest BCUT2D eigenvalue weighted by Gasteiger charge is -2.20. The van der Waals surface area contributed by atoms with E-state index in [-0.39, 0.29) is 0 Å². The normalized spacial score (nSPS) is 10.6. The van der Waals surface area contributed by atoms with Crippen LogP contribution in [0.3, 0.4) is 0 Å². The van der Waals surface area contributed by atoms with Crippen LogP contribution in [0.1, 0.15) is 5.56 Å². The average molecular weight is 309 g/mol.